The predicted octanol–water partition coefficient (Wildman–Crippen LogP) is 1.33. The number of hydrogen-bond acceptors (Lipinski definition) is 3. The van der Waals surface area contributed by atoms with Gasteiger partial charge in [-0.25, -0.2) is 0 Å². The van der Waals surface area contributed by atoms with E-state index in [9.17, 15) is 5.11 Å². The van der Waals surface area contributed by atoms with Gasteiger partial charge >= 0.3 is 0 Å². The number of rotatable bonds is 6. The highest BCUT2D eigenvalue weighted by Gasteiger charge is 2.13. The lowest BCUT2D eigenvalue weighted by molar-refractivity contribution is -0.0480. The van der Waals surface area contributed by atoms with Gasteiger partial charge in [-0.1, -0.05) is 6.08 Å². The first kappa shape index (κ1) is 13.6. The SMILES string of the molecule is C=CC(C)NCC(O)COC(C)(C)C. The smallest absolute Gasteiger partial charge is 0.0898 e. The molecule has 0 radical (unpaired) electrons. The van der Waals surface area contributed by atoms with Crippen molar-refractivity contribution in [1.29, 1.82) is 0 Å². The number of ether oxygens (including phenoxy) is 1. The van der Waals surface area contributed by atoms with Gasteiger partial charge in [0.1, 0.15) is 0 Å². The highest BCUT2D eigenvalue weighted by atomic mass is 16.5. The van der Waals surface area contributed by atoms with Crippen LogP contribution in [0.3, 0.4) is 0 Å². The van der Waals surface area contributed by atoms with Gasteiger partial charge in [-0.15, -0.1) is 6.58 Å². The molecule has 2 atom stereocenters. The third kappa shape index (κ3) is 8.23. The molecule has 0 aromatic rings. The van der Waals surface area contributed by atoms with Crippen LogP contribution in [0, 0.1) is 0 Å². The third-order valence-electron chi connectivity index (χ3n) is 1.74. The van der Waals surface area contributed by atoms with Crippen LogP contribution in [0.1, 0.15) is 27.7 Å². The van der Waals surface area contributed by atoms with Gasteiger partial charge in [0.05, 0.1) is 18.3 Å². The van der Waals surface area contributed by atoms with Crippen molar-refractivity contribution < 1.29 is 9.84 Å². The van der Waals surface area contributed by atoms with Gasteiger partial charge in [0.2, 0.25) is 0 Å². The minimum absolute atomic E-state index is 0.189. The molecular weight excluding hydrogens is 178 g/mol. The van der Waals surface area contributed by atoms with E-state index in [0.717, 1.165) is 0 Å². The maximum atomic E-state index is 9.54. The zero-order valence-electron chi connectivity index (χ0n) is 9.71. The molecule has 2 N–H and O–H groups in total. The van der Waals surface area contributed by atoms with Crippen LogP contribution >= 0.6 is 0 Å². The van der Waals surface area contributed by atoms with Crippen LogP contribution in [0.5, 0.6) is 0 Å². The van der Waals surface area contributed by atoms with E-state index in [1.54, 1.807) is 6.08 Å². The summed E-state index contributed by atoms with van der Waals surface area (Å²) in [4.78, 5) is 0. The molecule has 0 aromatic heterocycles. The quantitative estimate of drug-likeness (QED) is 0.637. The molecule has 3 nitrogen and oxygen atoms in total. The topological polar surface area (TPSA) is 41.5 Å². The molecule has 0 saturated heterocycles. The van der Waals surface area contributed by atoms with Gasteiger partial charge < -0.3 is 15.2 Å². The minimum Gasteiger partial charge on any atom is -0.389 e. The summed E-state index contributed by atoms with van der Waals surface area (Å²) >= 11 is 0. The molecule has 84 valence electrons. The highest BCUT2D eigenvalue weighted by molar-refractivity contribution is 4.81. The molecule has 0 fully saturated rings. The van der Waals surface area contributed by atoms with E-state index in [2.05, 4.69) is 11.9 Å². The van der Waals surface area contributed by atoms with Crippen LogP contribution in [0.25, 0.3) is 0 Å². The van der Waals surface area contributed by atoms with Crippen molar-refractivity contribution >= 4 is 0 Å². The van der Waals surface area contributed by atoms with Crippen molar-refractivity contribution in [3.8, 4) is 0 Å². The van der Waals surface area contributed by atoms with E-state index >= 15 is 0 Å². The lowest BCUT2D eigenvalue weighted by Crippen LogP contribution is -2.36. The summed E-state index contributed by atoms with van der Waals surface area (Å²) < 4.78 is 5.44. The summed E-state index contributed by atoms with van der Waals surface area (Å²) in [6.07, 6.45) is 1.34. The summed E-state index contributed by atoms with van der Waals surface area (Å²) in [6.45, 7) is 12.4. The van der Waals surface area contributed by atoms with Crippen molar-refractivity contribution in [2.45, 2.75) is 45.4 Å². The van der Waals surface area contributed by atoms with Gasteiger partial charge in [-0.05, 0) is 27.7 Å². The van der Waals surface area contributed by atoms with E-state index < -0.39 is 6.10 Å². The number of aliphatic hydroxyl groups excluding tert-OH is 1. The Morgan fingerprint density at radius 3 is 2.50 bits per heavy atom. The Morgan fingerprint density at radius 1 is 1.50 bits per heavy atom. The zero-order chi connectivity index (χ0) is 11.2. The van der Waals surface area contributed by atoms with Crippen LogP contribution in [0.2, 0.25) is 0 Å². The second-order valence-corrected chi connectivity index (χ2v) is 4.51. The zero-order valence-corrected chi connectivity index (χ0v) is 9.71. The van der Waals surface area contributed by atoms with Gasteiger partial charge in [0.15, 0.2) is 0 Å². The molecule has 0 amide bonds. The van der Waals surface area contributed by atoms with Crippen molar-refractivity contribution in [2.24, 2.45) is 0 Å². The monoisotopic (exact) mass is 201 g/mol. The minimum atomic E-state index is -0.461. The molecule has 0 spiro atoms. The summed E-state index contributed by atoms with van der Waals surface area (Å²) in [5.74, 6) is 0. The Hall–Kier alpha value is -0.380. The molecular formula is C11H23NO2. The summed E-state index contributed by atoms with van der Waals surface area (Å²) in [5, 5.41) is 12.7. The van der Waals surface area contributed by atoms with Crippen molar-refractivity contribution in [2.75, 3.05) is 13.2 Å². The van der Waals surface area contributed by atoms with Gasteiger partial charge in [-0.2, -0.15) is 0 Å². The molecule has 0 aromatic carbocycles. The van der Waals surface area contributed by atoms with Gasteiger partial charge in [0, 0.05) is 12.6 Å². The molecule has 0 aliphatic rings. The fourth-order valence-corrected chi connectivity index (χ4v) is 0.810. The first-order chi connectivity index (χ1) is 6.35. The first-order valence-corrected chi connectivity index (χ1v) is 5.03. The van der Waals surface area contributed by atoms with Crippen LogP contribution in [0.15, 0.2) is 12.7 Å². The lowest BCUT2D eigenvalue weighted by atomic mass is 10.2. The van der Waals surface area contributed by atoms with E-state index in [1.165, 1.54) is 0 Å². The third-order valence-corrected chi connectivity index (χ3v) is 1.74. The van der Waals surface area contributed by atoms with Crippen molar-refractivity contribution in [3.63, 3.8) is 0 Å². The van der Waals surface area contributed by atoms with Crippen LogP contribution in [0.4, 0.5) is 0 Å². The molecule has 0 aliphatic heterocycles. The molecule has 0 aliphatic carbocycles. The number of nitrogens with one attached hydrogen (secondary N) is 1. The average molecular weight is 201 g/mol. The molecule has 0 rings (SSSR count). The maximum absolute atomic E-state index is 9.54. The van der Waals surface area contributed by atoms with E-state index in [-0.39, 0.29) is 11.6 Å². The standard InChI is InChI=1S/C11H23NO2/c1-6-9(2)12-7-10(13)8-14-11(3,4)5/h6,9-10,12-13H,1,7-8H2,2-5H3. The summed E-state index contributed by atoms with van der Waals surface area (Å²) in [5.41, 5.74) is -0.189. The van der Waals surface area contributed by atoms with Gasteiger partial charge in [-0.3, -0.25) is 0 Å². The lowest BCUT2D eigenvalue weighted by Gasteiger charge is -2.22. The van der Waals surface area contributed by atoms with Crippen molar-refractivity contribution in [3.05, 3.63) is 12.7 Å². The summed E-state index contributed by atoms with van der Waals surface area (Å²) in [7, 11) is 0. The molecule has 0 saturated carbocycles. The molecule has 3 heteroatoms. The Kier molecular flexibility index (Phi) is 6.00. The maximum Gasteiger partial charge on any atom is 0.0898 e. The Bertz CT molecular complexity index is 163. The average Bonchev–Trinajstić information content (AvgIpc) is 2.09. The molecule has 14 heavy (non-hydrogen) atoms. The van der Waals surface area contributed by atoms with E-state index in [1.807, 2.05) is 27.7 Å². The molecule has 0 heterocycles. The van der Waals surface area contributed by atoms with E-state index in [4.69, 9.17) is 4.74 Å². The second-order valence-electron chi connectivity index (χ2n) is 4.51. The van der Waals surface area contributed by atoms with Crippen LogP contribution in [-0.2, 0) is 4.74 Å². The predicted molar refractivity (Wildman–Crippen MR) is 59.4 cm³/mol. The number of hydrogen-bond donors (Lipinski definition) is 2. The van der Waals surface area contributed by atoms with Crippen LogP contribution < -0.4 is 5.32 Å². The molecule has 0 bridgehead atoms. The largest absolute Gasteiger partial charge is 0.389 e. The Labute approximate surface area is 87.2 Å². The highest BCUT2D eigenvalue weighted by Crippen LogP contribution is 2.06. The number of aliphatic hydroxyl groups is 1. The van der Waals surface area contributed by atoms with Crippen LogP contribution in [-0.4, -0.2) is 36.0 Å². The first-order valence-electron chi connectivity index (χ1n) is 5.03. The van der Waals surface area contributed by atoms with Crippen molar-refractivity contribution in [1.82, 2.24) is 5.32 Å². The normalized spacial score (nSPS) is 16.4. The fourth-order valence-electron chi connectivity index (χ4n) is 0.810. The fraction of sp³-hybridized carbons (Fsp3) is 0.818. The molecule has 2 unspecified atom stereocenters. The van der Waals surface area contributed by atoms with E-state index in [0.29, 0.717) is 13.2 Å². The second kappa shape index (κ2) is 6.17. The Balaban J connectivity index is 3.56. The summed E-state index contributed by atoms with van der Waals surface area (Å²) in [6, 6.07) is 0.222. The Morgan fingerprint density at radius 2 is 2.07 bits per heavy atom. The van der Waals surface area contributed by atoms with Gasteiger partial charge in [0.25, 0.3) is 0 Å².